The van der Waals surface area contributed by atoms with Gasteiger partial charge in [0, 0.05) is 19.5 Å². The summed E-state index contributed by atoms with van der Waals surface area (Å²) >= 11 is 0. The Morgan fingerprint density at radius 3 is 2.83 bits per heavy atom. The van der Waals surface area contributed by atoms with E-state index in [1.807, 2.05) is 4.90 Å². The van der Waals surface area contributed by atoms with Gasteiger partial charge in [0.25, 0.3) is 0 Å². The zero-order valence-electron chi connectivity index (χ0n) is 13.8. The van der Waals surface area contributed by atoms with E-state index < -0.39 is 18.4 Å². The first-order valence-corrected chi connectivity index (χ1v) is 8.08. The molecule has 0 radical (unpaired) electrons. The third kappa shape index (κ3) is 3.10. The number of hydrogen-bond donors (Lipinski definition) is 2. The molecule has 1 aliphatic heterocycles. The van der Waals surface area contributed by atoms with Crippen molar-refractivity contribution in [1.82, 2.24) is 24.4 Å². The number of nitrogens with zero attached hydrogens (tertiary/aromatic N) is 6. The lowest BCUT2D eigenvalue weighted by Crippen LogP contribution is -2.24. The molecule has 0 aromatic carbocycles. The van der Waals surface area contributed by atoms with E-state index in [0.29, 0.717) is 23.4 Å². The van der Waals surface area contributed by atoms with Crippen LogP contribution in [0.5, 0.6) is 0 Å². The minimum Gasteiger partial charge on any atom is -0.394 e. The highest BCUT2D eigenvalue weighted by Crippen LogP contribution is 2.31. The molecular formula is C15H22N6O3. The average molecular weight is 334 g/mol. The van der Waals surface area contributed by atoms with Gasteiger partial charge in [-0.2, -0.15) is 0 Å². The van der Waals surface area contributed by atoms with E-state index in [1.165, 1.54) is 6.33 Å². The molecule has 3 unspecified atom stereocenters. The second kappa shape index (κ2) is 7.20. The maximum atomic E-state index is 9.90. The van der Waals surface area contributed by atoms with Crippen LogP contribution in [0, 0.1) is 0 Å². The van der Waals surface area contributed by atoms with Gasteiger partial charge >= 0.3 is 0 Å². The lowest BCUT2D eigenvalue weighted by atomic mass is 10.2. The highest BCUT2D eigenvalue weighted by atomic mass is 16.5. The van der Waals surface area contributed by atoms with E-state index in [2.05, 4.69) is 33.8 Å². The van der Waals surface area contributed by atoms with E-state index in [0.717, 1.165) is 13.1 Å². The van der Waals surface area contributed by atoms with Crippen LogP contribution < -0.4 is 0 Å². The Kier molecular flexibility index (Phi) is 5.03. The third-order valence-corrected chi connectivity index (χ3v) is 4.19. The Labute approximate surface area is 139 Å². The number of aliphatic hydroxyl groups excluding tert-OH is 2. The Balaban J connectivity index is 1.90. The van der Waals surface area contributed by atoms with Crippen LogP contribution in [0.15, 0.2) is 17.6 Å². The molecule has 3 atom stereocenters. The second-order valence-corrected chi connectivity index (χ2v) is 5.60. The topological polar surface area (TPSA) is 109 Å². The maximum absolute atomic E-state index is 9.90. The molecule has 0 aliphatic carbocycles. The molecule has 0 amide bonds. The summed E-state index contributed by atoms with van der Waals surface area (Å²) in [5.74, 6) is 0.489. The van der Waals surface area contributed by atoms with Crippen LogP contribution in [-0.4, -0.2) is 72.9 Å². The third-order valence-electron chi connectivity index (χ3n) is 4.19. The second-order valence-electron chi connectivity index (χ2n) is 5.60. The van der Waals surface area contributed by atoms with Gasteiger partial charge in [-0.3, -0.25) is 4.57 Å². The SMILES string of the molecule is CCN(C=Nc1ncnc2c1ncn2C1CC(O)C(CO)O1)CC. The van der Waals surface area contributed by atoms with E-state index in [4.69, 9.17) is 4.74 Å². The molecule has 2 aromatic heterocycles. The highest BCUT2D eigenvalue weighted by molar-refractivity contribution is 5.82. The molecule has 0 bridgehead atoms. The fourth-order valence-electron chi connectivity index (χ4n) is 2.72. The summed E-state index contributed by atoms with van der Waals surface area (Å²) in [6, 6.07) is 0. The Morgan fingerprint density at radius 1 is 1.38 bits per heavy atom. The largest absolute Gasteiger partial charge is 0.394 e. The molecule has 3 heterocycles. The number of imidazole rings is 1. The summed E-state index contributed by atoms with van der Waals surface area (Å²) in [5, 5.41) is 19.1. The van der Waals surface area contributed by atoms with Crippen LogP contribution in [0.2, 0.25) is 0 Å². The first kappa shape index (κ1) is 16.7. The molecule has 3 rings (SSSR count). The predicted octanol–water partition coefficient (Wildman–Crippen LogP) is 0.469. The molecule has 1 fully saturated rings. The van der Waals surface area contributed by atoms with Gasteiger partial charge in [0.2, 0.25) is 0 Å². The molecule has 2 aromatic rings. The van der Waals surface area contributed by atoms with Crippen LogP contribution in [0.3, 0.4) is 0 Å². The average Bonchev–Trinajstić information content (AvgIpc) is 3.19. The molecule has 0 saturated carbocycles. The molecule has 9 heteroatoms. The molecule has 130 valence electrons. The number of aliphatic hydroxyl groups is 2. The zero-order valence-corrected chi connectivity index (χ0v) is 13.8. The van der Waals surface area contributed by atoms with Gasteiger partial charge in [0.1, 0.15) is 18.7 Å². The molecule has 2 N–H and O–H groups in total. The predicted molar refractivity (Wildman–Crippen MR) is 88.0 cm³/mol. The number of ether oxygens (including phenoxy) is 1. The van der Waals surface area contributed by atoms with Crippen molar-refractivity contribution in [2.75, 3.05) is 19.7 Å². The molecular weight excluding hydrogens is 312 g/mol. The van der Waals surface area contributed by atoms with Crippen molar-refractivity contribution in [3.63, 3.8) is 0 Å². The van der Waals surface area contributed by atoms with Crippen molar-refractivity contribution < 1.29 is 14.9 Å². The molecule has 0 spiro atoms. The van der Waals surface area contributed by atoms with Crippen LogP contribution in [0.25, 0.3) is 11.2 Å². The number of aromatic nitrogens is 4. The van der Waals surface area contributed by atoms with Gasteiger partial charge in [0.15, 0.2) is 17.0 Å². The maximum Gasteiger partial charge on any atom is 0.184 e. The lowest BCUT2D eigenvalue weighted by Gasteiger charge is -2.14. The van der Waals surface area contributed by atoms with Gasteiger partial charge < -0.3 is 19.8 Å². The number of rotatable bonds is 6. The van der Waals surface area contributed by atoms with Gasteiger partial charge in [-0.15, -0.1) is 0 Å². The summed E-state index contributed by atoms with van der Waals surface area (Å²) in [7, 11) is 0. The van der Waals surface area contributed by atoms with Crippen LogP contribution in [-0.2, 0) is 4.74 Å². The van der Waals surface area contributed by atoms with Crippen molar-refractivity contribution >= 4 is 23.3 Å². The number of aliphatic imine (C=N–C) groups is 1. The highest BCUT2D eigenvalue weighted by Gasteiger charge is 2.35. The van der Waals surface area contributed by atoms with Gasteiger partial charge in [-0.05, 0) is 13.8 Å². The van der Waals surface area contributed by atoms with Crippen molar-refractivity contribution in [2.45, 2.75) is 38.7 Å². The standard InChI is InChI=1S/C15H22N6O3/c1-3-20(4-2)8-19-14-13-15(17-7-16-14)21(9-18-13)12-5-10(23)11(6-22)24-12/h7-12,22-23H,3-6H2,1-2H3. The Hall–Kier alpha value is -2.10. The fourth-order valence-corrected chi connectivity index (χ4v) is 2.72. The van der Waals surface area contributed by atoms with Crippen molar-refractivity contribution in [3.05, 3.63) is 12.7 Å². The van der Waals surface area contributed by atoms with Crippen molar-refractivity contribution in [1.29, 1.82) is 0 Å². The van der Waals surface area contributed by atoms with Gasteiger partial charge in [0.05, 0.1) is 25.4 Å². The van der Waals surface area contributed by atoms with Crippen molar-refractivity contribution in [3.8, 4) is 0 Å². The first-order chi connectivity index (χ1) is 11.7. The monoisotopic (exact) mass is 334 g/mol. The summed E-state index contributed by atoms with van der Waals surface area (Å²) in [4.78, 5) is 19.3. The lowest BCUT2D eigenvalue weighted by molar-refractivity contribution is -0.0432. The summed E-state index contributed by atoms with van der Waals surface area (Å²) in [5.41, 5.74) is 1.17. The molecule has 1 aliphatic rings. The fraction of sp³-hybridized carbons (Fsp3) is 0.600. The summed E-state index contributed by atoms with van der Waals surface area (Å²) < 4.78 is 7.41. The smallest absolute Gasteiger partial charge is 0.184 e. The zero-order chi connectivity index (χ0) is 17.1. The van der Waals surface area contributed by atoms with Crippen LogP contribution in [0.1, 0.15) is 26.5 Å². The minimum absolute atomic E-state index is 0.224. The minimum atomic E-state index is -0.709. The van der Waals surface area contributed by atoms with Gasteiger partial charge in [-0.25, -0.2) is 19.9 Å². The summed E-state index contributed by atoms with van der Waals surface area (Å²) in [6.45, 7) is 5.61. The number of fused-ring (bicyclic) bond motifs is 1. The molecule has 9 nitrogen and oxygen atoms in total. The van der Waals surface area contributed by atoms with E-state index in [9.17, 15) is 10.2 Å². The van der Waals surface area contributed by atoms with E-state index in [1.54, 1.807) is 17.2 Å². The number of hydrogen-bond acceptors (Lipinski definition) is 7. The molecule has 24 heavy (non-hydrogen) atoms. The van der Waals surface area contributed by atoms with Crippen LogP contribution in [0.4, 0.5) is 5.82 Å². The Bertz CT molecular complexity index is 714. The summed E-state index contributed by atoms with van der Waals surface area (Å²) in [6.07, 6.45) is 3.44. The normalized spacial score (nSPS) is 24.2. The molecule has 1 saturated heterocycles. The van der Waals surface area contributed by atoms with Crippen LogP contribution >= 0.6 is 0 Å². The quantitative estimate of drug-likeness (QED) is 0.584. The van der Waals surface area contributed by atoms with E-state index in [-0.39, 0.29) is 6.61 Å². The van der Waals surface area contributed by atoms with Crippen molar-refractivity contribution in [2.24, 2.45) is 4.99 Å². The van der Waals surface area contributed by atoms with E-state index >= 15 is 0 Å². The Morgan fingerprint density at radius 2 is 2.17 bits per heavy atom. The first-order valence-electron chi connectivity index (χ1n) is 8.08. The van der Waals surface area contributed by atoms with Gasteiger partial charge in [-0.1, -0.05) is 0 Å².